The Morgan fingerprint density at radius 2 is 1.66 bits per heavy atom. The van der Waals surface area contributed by atoms with Crippen LogP contribution in [0, 0.1) is 24.0 Å². The molecule has 0 amide bonds. The highest BCUT2D eigenvalue weighted by Crippen LogP contribution is 2.44. The molecule has 0 bridgehead atoms. The molecule has 0 saturated heterocycles. The standard InChI is InChI=1S/C56H64ClN7O9S2Si/c1-35-50-48(63(53(35)55(65)71-9)26-15-27-73-76(10,11)56(3,4)5)25-24-45(57)52(50)51-36(2)61(6)59-47(51)34-75(68,69)60-46-19-14-17-39(54(46)64(66)67)28-40-30-41(62(7)58-40)33-74-43-29-38-16-12-13-18-44(38)49(31-43)72-32-37-20-22-42(70-8)23-21-37/h12-14,16-25,29-31,60H,15,26-28,32-34H2,1-11H3. The number of anilines is 1. The predicted octanol–water partition coefficient (Wildman–Crippen LogP) is 12.7. The molecule has 76 heavy (non-hydrogen) atoms. The number of sulfonamides is 1. The first-order valence-electron chi connectivity index (χ1n) is 24.8. The highest BCUT2D eigenvalue weighted by atomic mass is 35.5. The first-order valence-corrected chi connectivity index (χ1v) is 30.7. The minimum absolute atomic E-state index is 0.0308. The molecule has 0 spiro atoms. The molecule has 0 aliphatic rings. The summed E-state index contributed by atoms with van der Waals surface area (Å²) < 4.78 is 59.9. The average molecular weight is 1110 g/mol. The van der Waals surface area contributed by atoms with Crippen LogP contribution in [0.3, 0.4) is 0 Å². The first-order chi connectivity index (χ1) is 36.0. The maximum atomic E-state index is 14.3. The van der Waals surface area contributed by atoms with Gasteiger partial charge >= 0.3 is 5.97 Å². The van der Waals surface area contributed by atoms with Crippen molar-refractivity contribution in [3.8, 4) is 22.6 Å². The smallest absolute Gasteiger partial charge is 0.354 e. The van der Waals surface area contributed by atoms with E-state index in [1.807, 2.05) is 86.1 Å². The van der Waals surface area contributed by atoms with Gasteiger partial charge in [-0.1, -0.05) is 80.9 Å². The summed E-state index contributed by atoms with van der Waals surface area (Å²) in [7, 11) is 0.0894. The number of nitro groups is 1. The fraction of sp³-hybridized carbons (Fsp3) is 0.339. The number of esters is 1. The van der Waals surface area contributed by atoms with Gasteiger partial charge in [0.05, 0.1) is 30.5 Å². The molecule has 8 aromatic rings. The quantitative estimate of drug-likeness (QED) is 0.0180. The lowest BCUT2D eigenvalue weighted by molar-refractivity contribution is -0.384. The zero-order chi connectivity index (χ0) is 54.9. The topological polar surface area (TPSA) is 184 Å². The van der Waals surface area contributed by atoms with Gasteiger partial charge in [0.25, 0.3) is 5.69 Å². The van der Waals surface area contributed by atoms with Crippen LogP contribution < -0.4 is 14.2 Å². The van der Waals surface area contributed by atoms with Gasteiger partial charge in [-0.05, 0) is 103 Å². The normalized spacial score (nSPS) is 12.2. The number of methoxy groups -OCH3 is 2. The molecule has 20 heteroatoms. The van der Waals surface area contributed by atoms with Crippen molar-refractivity contribution in [3.05, 3.63) is 157 Å². The molecule has 0 unspecified atom stereocenters. The molecule has 8 rings (SSSR count). The number of hydrogen-bond donors (Lipinski definition) is 1. The third-order valence-electron chi connectivity index (χ3n) is 14.3. The molecular formula is C56H64ClN7O9S2Si. The Morgan fingerprint density at radius 3 is 2.36 bits per heavy atom. The highest BCUT2D eigenvalue weighted by Gasteiger charge is 2.37. The third kappa shape index (κ3) is 11.8. The molecule has 1 N–H and O–H groups in total. The van der Waals surface area contributed by atoms with Gasteiger partial charge in [0.1, 0.15) is 35.2 Å². The molecule has 400 valence electrons. The SMILES string of the molecule is COC(=O)c1c(C)c2c(-c3c(CS(=O)(=O)Nc4cccc(Cc5cc(CSc6cc(OCc7ccc(OC)cc7)c7ccccc7c6)n(C)n5)c4[N+](=O)[O-])nn(C)c3C)c(Cl)ccc2n1CCCO[Si](C)(C)C(C)(C)C. The molecule has 3 heterocycles. The van der Waals surface area contributed by atoms with Crippen LogP contribution in [0.25, 0.3) is 32.8 Å². The molecule has 0 aliphatic carbocycles. The van der Waals surface area contributed by atoms with E-state index in [0.29, 0.717) is 81.6 Å². The van der Waals surface area contributed by atoms with Crippen LogP contribution in [-0.4, -0.2) is 72.6 Å². The summed E-state index contributed by atoms with van der Waals surface area (Å²) in [4.78, 5) is 26.8. The molecule has 0 aliphatic heterocycles. The highest BCUT2D eigenvalue weighted by molar-refractivity contribution is 7.98. The van der Waals surface area contributed by atoms with E-state index in [-0.39, 0.29) is 28.4 Å². The van der Waals surface area contributed by atoms with E-state index in [4.69, 9.17) is 35.3 Å². The summed E-state index contributed by atoms with van der Waals surface area (Å²) >= 11 is 8.69. The van der Waals surface area contributed by atoms with E-state index in [9.17, 15) is 23.3 Å². The van der Waals surface area contributed by atoms with Crippen LogP contribution in [0.5, 0.6) is 11.5 Å². The second-order valence-electron chi connectivity index (χ2n) is 20.4. The van der Waals surface area contributed by atoms with E-state index < -0.39 is 40.7 Å². The van der Waals surface area contributed by atoms with Gasteiger partial charge in [-0.2, -0.15) is 10.2 Å². The van der Waals surface area contributed by atoms with Crippen LogP contribution in [0.2, 0.25) is 23.2 Å². The van der Waals surface area contributed by atoms with Crippen molar-refractivity contribution in [2.24, 2.45) is 14.1 Å². The Bertz CT molecular complexity index is 3600. The maximum Gasteiger partial charge on any atom is 0.354 e. The van der Waals surface area contributed by atoms with E-state index in [0.717, 1.165) is 38.4 Å². The van der Waals surface area contributed by atoms with E-state index >= 15 is 0 Å². The molecule has 3 aromatic heterocycles. The number of hydrogen-bond acceptors (Lipinski definition) is 12. The number of fused-ring (bicyclic) bond motifs is 2. The second kappa shape index (κ2) is 22.5. The van der Waals surface area contributed by atoms with Crippen molar-refractivity contribution < 1.29 is 36.8 Å². The molecule has 0 fully saturated rings. The number of para-hydroxylation sites is 1. The summed E-state index contributed by atoms with van der Waals surface area (Å²) in [5.41, 5.74) is 5.56. The van der Waals surface area contributed by atoms with Gasteiger partial charge in [-0.3, -0.25) is 24.2 Å². The summed E-state index contributed by atoms with van der Waals surface area (Å²) in [6.45, 7) is 15.9. The third-order valence-corrected chi connectivity index (χ3v) is 21.3. The lowest BCUT2D eigenvalue weighted by Crippen LogP contribution is -2.41. The Kier molecular flexibility index (Phi) is 16.5. The molecule has 0 atom stereocenters. The van der Waals surface area contributed by atoms with Crippen molar-refractivity contribution >= 4 is 80.7 Å². The van der Waals surface area contributed by atoms with Gasteiger partial charge in [-0.25, -0.2) is 13.2 Å². The van der Waals surface area contributed by atoms with Crippen molar-refractivity contribution in [2.75, 3.05) is 25.5 Å². The second-order valence-corrected chi connectivity index (χ2v) is 28.3. The monoisotopic (exact) mass is 1110 g/mol. The van der Waals surface area contributed by atoms with Crippen LogP contribution in [0.1, 0.15) is 77.1 Å². The summed E-state index contributed by atoms with van der Waals surface area (Å²) in [5, 5.41) is 25.3. The number of thioether (sulfide) groups is 1. The number of benzene rings is 5. The number of halogens is 1. The molecule has 5 aromatic carbocycles. The lowest BCUT2D eigenvalue weighted by atomic mass is 9.97. The van der Waals surface area contributed by atoms with Gasteiger partial charge in [0.2, 0.25) is 10.0 Å². The number of ether oxygens (including phenoxy) is 3. The predicted molar refractivity (Wildman–Crippen MR) is 304 cm³/mol. The van der Waals surface area contributed by atoms with Crippen LogP contribution in [0.4, 0.5) is 11.4 Å². The van der Waals surface area contributed by atoms with Gasteiger partial charge in [0, 0.05) is 93.7 Å². The summed E-state index contributed by atoms with van der Waals surface area (Å²) in [6, 6.07) is 30.0. The first kappa shape index (κ1) is 55.6. The molecule has 0 radical (unpaired) electrons. The summed E-state index contributed by atoms with van der Waals surface area (Å²) in [6.07, 6.45) is 0.679. The number of nitrogens with one attached hydrogen (secondary N) is 1. The largest absolute Gasteiger partial charge is 0.497 e. The molecule has 0 saturated carbocycles. The fourth-order valence-electron chi connectivity index (χ4n) is 9.21. The number of nitrogens with zero attached hydrogens (tertiary/aromatic N) is 6. The van der Waals surface area contributed by atoms with Crippen molar-refractivity contribution in [2.45, 2.75) is 95.1 Å². The minimum Gasteiger partial charge on any atom is -0.497 e. The van der Waals surface area contributed by atoms with E-state index in [1.165, 1.54) is 13.2 Å². The maximum absolute atomic E-state index is 14.3. The fourth-order valence-corrected chi connectivity index (χ4v) is 12.7. The zero-order valence-corrected chi connectivity index (χ0v) is 48.1. The van der Waals surface area contributed by atoms with Gasteiger partial charge < -0.3 is 23.2 Å². The van der Waals surface area contributed by atoms with Crippen LogP contribution in [0.15, 0.2) is 102 Å². The Balaban J connectivity index is 1.02. The average Bonchev–Trinajstić information content (AvgIpc) is 3.98. The number of aromatic nitrogens is 5. The van der Waals surface area contributed by atoms with Crippen molar-refractivity contribution in [1.82, 2.24) is 24.1 Å². The lowest BCUT2D eigenvalue weighted by Gasteiger charge is -2.36. The van der Waals surface area contributed by atoms with Gasteiger partial charge in [-0.15, -0.1) is 11.8 Å². The van der Waals surface area contributed by atoms with Crippen LogP contribution in [-0.2, 0) is 64.4 Å². The summed E-state index contributed by atoms with van der Waals surface area (Å²) in [5.74, 6) is 0.898. The number of carbonyl (C=O) groups is 1. The Hall–Kier alpha value is -6.64. The zero-order valence-electron chi connectivity index (χ0n) is 44.7. The Morgan fingerprint density at radius 1 is 0.921 bits per heavy atom. The minimum atomic E-state index is -4.37. The van der Waals surface area contributed by atoms with Crippen molar-refractivity contribution in [1.29, 1.82) is 0 Å². The number of aryl methyl sites for hydroxylation is 4. The van der Waals surface area contributed by atoms with Crippen molar-refractivity contribution in [3.63, 3.8) is 0 Å². The number of rotatable bonds is 21. The Labute approximate surface area is 454 Å². The number of nitro benzene ring substituents is 1. The van der Waals surface area contributed by atoms with E-state index in [2.05, 4.69) is 55.8 Å². The molecular weight excluding hydrogens is 1040 g/mol. The number of carbonyl (C=O) groups excluding carboxylic acids is 1. The molecule has 16 nitrogen and oxygen atoms in total. The van der Waals surface area contributed by atoms with E-state index in [1.54, 1.807) is 53.5 Å². The van der Waals surface area contributed by atoms with Crippen LogP contribution >= 0.6 is 23.4 Å². The van der Waals surface area contributed by atoms with Gasteiger partial charge in [0.15, 0.2) is 8.32 Å².